The molecule has 0 aliphatic heterocycles. The lowest BCUT2D eigenvalue weighted by Crippen LogP contribution is -2.02. The molecule has 2 aromatic heterocycles. The number of nitrogens with zero attached hydrogens (tertiary/aromatic N) is 5. The van der Waals surface area contributed by atoms with E-state index in [2.05, 4.69) is 15.4 Å². The Labute approximate surface area is 102 Å². The molecule has 1 N–H and O–H groups in total. The summed E-state index contributed by atoms with van der Waals surface area (Å²) in [6, 6.07) is 0. The second-order valence-corrected chi connectivity index (χ2v) is 3.94. The smallest absolute Gasteiger partial charge is 0.358 e. The van der Waals surface area contributed by atoms with E-state index in [4.69, 9.17) is 16.7 Å². The van der Waals surface area contributed by atoms with Crippen molar-refractivity contribution >= 4 is 17.6 Å². The van der Waals surface area contributed by atoms with Crippen LogP contribution in [0.25, 0.3) is 0 Å². The van der Waals surface area contributed by atoms with Crippen LogP contribution >= 0.6 is 11.6 Å². The average molecular weight is 256 g/mol. The fraction of sp³-hybridized carbons (Fsp3) is 0.333. The van der Waals surface area contributed by atoms with E-state index in [0.717, 1.165) is 11.3 Å². The molecule has 90 valence electrons. The summed E-state index contributed by atoms with van der Waals surface area (Å²) in [7, 11) is 1.74. The number of halogens is 1. The molecular weight excluding hydrogens is 246 g/mol. The van der Waals surface area contributed by atoms with Gasteiger partial charge in [-0.2, -0.15) is 5.10 Å². The van der Waals surface area contributed by atoms with Crippen LogP contribution in [0.1, 0.15) is 21.7 Å². The molecule has 0 spiro atoms. The molecule has 7 nitrogen and oxygen atoms in total. The molecule has 2 rings (SSSR count). The van der Waals surface area contributed by atoms with Gasteiger partial charge in [0.25, 0.3) is 0 Å². The number of aromatic carboxylic acids is 1. The van der Waals surface area contributed by atoms with Crippen LogP contribution in [0.5, 0.6) is 0 Å². The lowest BCUT2D eigenvalue weighted by atomic mass is 10.2. The summed E-state index contributed by atoms with van der Waals surface area (Å²) in [6.07, 6.45) is 1.35. The van der Waals surface area contributed by atoms with Crippen LogP contribution in [0.15, 0.2) is 6.20 Å². The third-order valence-corrected chi connectivity index (χ3v) is 2.82. The van der Waals surface area contributed by atoms with Gasteiger partial charge in [0.1, 0.15) is 5.15 Å². The first-order chi connectivity index (χ1) is 7.99. The summed E-state index contributed by atoms with van der Waals surface area (Å²) in [5.41, 5.74) is 1.49. The fourth-order valence-corrected chi connectivity index (χ4v) is 1.72. The lowest BCUT2D eigenvalue weighted by Gasteiger charge is -1.99. The van der Waals surface area contributed by atoms with Crippen LogP contribution < -0.4 is 0 Å². The highest BCUT2D eigenvalue weighted by molar-refractivity contribution is 6.30. The summed E-state index contributed by atoms with van der Waals surface area (Å²) in [4.78, 5) is 10.6. The van der Waals surface area contributed by atoms with Crippen molar-refractivity contribution < 1.29 is 9.90 Å². The van der Waals surface area contributed by atoms with Crippen molar-refractivity contribution in [1.29, 1.82) is 0 Å². The van der Waals surface area contributed by atoms with Crippen molar-refractivity contribution in [3.8, 4) is 0 Å². The van der Waals surface area contributed by atoms with Gasteiger partial charge < -0.3 is 5.11 Å². The molecule has 0 bridgehead atoms. The highest BCUT2D eigenvalue weighted by Gasteiger charge is 2.14. The summed E-state index contributed by atoms with van der Waals surface area (Å²) in [5, 5.41) is 20.6. The maximum atomic E-state index is 10.6. The van der Waals surface area contributed by atoms with Gasteiger partial charge in [0.2, 0.25) is 0 Å². The van der Waals surface area contributed by atoms with Crippen LogP contribution in [0, 0.1) is 6.92 Å². The first-order valence-corrected chi connectivity index (χ1v) is 5.18. The summed E-state index contributed by atoms with van der Waals surface area (Å²) >= 11 is 6.06. The molecule has 0 aliphatic carbocycles. The van der Waals surface area contributed by atoms with Gasteiger partial charge in [-0.15, -0.1) is 5.10 Å². The predicted molar refractivity (Wildman–Crippen MR) is 59.0 cm³/mol. The minimum Gasteiger partial charge on any atom is -0.476 e. The first-order valence-electron chi connectivity index (χ1n) is 4.80. The van der Waals surface area contributed by atoms with Crippen LogP contribution in [0.2, 0.25) is 5.15 Å². The summed E-state index contributed by atoms with van der Waals surface area (Å²) in [5.74, 6) is -1.11. The summed E-state index contributed by atoms with van der Waals surface area (Å²) < 4.78 is 2.97. The monoisotopic (exact) mass is 255 g/mol. The molecule has 8 heteroatoms. The number of carboxylic acids is 1. The van der Waals surface area contributed by atoms with E-state index in [1.165, 1.54) is 10.9 Å². The molecule has 0 amide bonds. The van der Waals surface area contributed by atoms with E-state index in [0.29, 0.717) is 11.7 Å². The van der Waals surface area contributed by atoms with Gasteiger partial charge in [-0.05, 0) is 6.92 Å². The predicted octanol–water partition coefficient (Wildman–Crippen LogP) is 0.720. The number of rotatable bonds is 3. The number of aromatic nitrogens is 5. The van der Waals surface area contributed by atoms with E-state index in [-0.39, 0.29) is 5.69 Å². The molecule has 0 fully saturated rings. The van der Waals surface area contributed by atoms with E-state index in [1.54, 1.807) is 11.7 Å². The van der Waals surface area contributed by atoms with E-state index < -0.39 is 5.97 Å². The van der Waals surface area contributed by atoms with Crippen molar-refractivity contribution in [3.05, 3.63) is 28.3 Å². The Bertz CT molecular complexity index is 574. The lowest BCUT2D eigenvalue weighted by molar-refractivity contribution is 0.0690. The third kappa shape index (κ3) is 2.14. The first kappa shape index (κ1) is 11.6. The Balaban J connectivity index is 2.28. The van der Waals surface area contributed by atoms with Crippen molar-refractivity contribution in [1.82, 2.24) is 24.8 Å². The number of aryl methyl sites for hydroxylation is 2. The Kier molecular flexibility index (Phi) is 2.84. The highest BCUT2D eigenvalue weighted by atomic mass is 35.5. The van der Waals surface area contributed by atoms with Gasteiger partial charge in [-0.3, -0.25) is 4.68 Å². The van der Waals surface area contributed by atoms with Gasteiger partial charge in [-0.1, -0.05) is 16.8 Å². The zero-order valence-corrected chi connectivity index (χ0v) is 10.0. The number of hydrogen-bond acceptors (Lipinski definition) is 4. The molecule has 0 saturated carbocycles. The Morgan fingerprint density at radius 1 is 1.59 bits per heavy atom. The van der Waals surface area contributed by atoms with Crippen molar-refractivity contribution in [3.63, 3.8) is 0 Å². The molecule has 0 unspecified atom stereocenters. The number of hydrogen-bond donors (Lipinski definition) is 1. The van der Waals surface area contributed by atoms with Gasteiger partial charge in [0.15, 0.2) is 5.69 Å². The Morgan fingerprint density at radius 3 is 2.76 bits per heavy atom. The maximum Gasteiger partial charge on any atom is 0.358 e. The van der Waals surface area contributed by atoms with Crippen LogP contribution in [0.3, 0.4) is 0 Å². The maximum absolute atomic E-state index is 10.6. The van der Waals surface area contributed by atoms with Gasteiger partial charge >= 0.3 is 5.97 Å². The van der Waals surface area contributed by atoms with Crippen LogP contribution in [-0.4, -0.2) is 35.9 Å². The minimum absolute atomic E-state index is 0.0948. The van der Waals surface area contributed by atoms with Crippen LogP contribution in [-0.2, 0) is 13.6 Å². The average Bonchev–Trinajstić information content (AvgIpc) is 2.80. The van der Waals surface area contributed by atoms with Gasteiger partial charge in [-0.25, -0.2) is 9.48 Å². The van der Waals surface area contributed by atoms with E-state index >= 15 is 0 Å². The Morgan fingerprint density at radius 2 is 2.29 bits per heavy atom. The second-order valence-electron chi connectivity index (χ2n) is 3.58. The molecule has 2 aromatic rings. The number of carbonyl (C=O) groups is 1. The third-order valence-electron chi connectivity index (χ3n) is 2.35. The van der Waals surface area contributed by atoms with Gasteiger partial charge in [0.05, 0.1) is 18.4 Å². The number of carboxylic acid groups (broad SMARTS) is 1. The standard InChI is InChI=1S/C9H10ClN5O2/c1-5-6(8(10)14(2)12-5)3-15-4-7(9(16)17)11-13-15/h4H,3H2,1-2H3,(H,16,17). The molecule has 0 aliphatic rings. The molecular formula is C9H10ClN5O2. The van der Waals surface area contributed by atoms with E-state index in [1.807, 2.05) is 6.92 Å². The molecule has 0 aromatic carbocycles. The quantitative estimate of drug-likeness (QED) is 0.873. The second kappa shape index (κ2) is 4.17. The highest BCUT2D eigenvalue weighted by Crippen LogP contribution is 2.19. The SMILES string of the molecule is Cc1nn(C)c(Cl)c1Cn1cc(C(=O)O)nn1. The topological polar surface area (TPSA) is 85.8 Å². The largest absolute Gasteiger partial charge is 0.476 e. The molecule has 2 heterocycles. The molecule has 0 atom stereocenters. The van der Waals surface area contributed by atoms with Crippen LogP contribution in [0.4, 0.5) is 0 Å². The van der Waals surface area contributed by atoms with E-state index in [9.17, 15) is 4.79 Å². The van der Waals surface area contributed by atoms with Crippen molar-refractivity contribution in [2.45, 2.75) is 13.5 Å². The zero-order valence-electron chi connectivity index (χ0n) is 9.25. The molecule has 0 radical (unpaired) electrons. The zero-order chi connectivity index (χ0) is 12.6. The van der Waals surface area contributed by atoms with Crippen molar-refractivity contribution in [2.24, 2.45) is 7.05 Å². The normalized spacial score (nSPS) is 10.8. The fourth-order valence-electron chi connectivity index (χ4n) is 1.49. The molecule has 0 saturated heterocycles. The minimum atomic E-state index is -1.11. The van der Waals surface area contributed by atoms with Gasteiger partial charge in [0, 0.05) is 12.6 Å². The summed E-state index contributed by atoms with van der Waals surface area (Å²) in [6.45, 7) is 2.18. The Hall–Kier alpha value is -1.89. The molecule has 17 heavy (non-hydrogen) atoms. The van der Waals surface area contributed by atoms with Crippen molar-refractivity contribution in [2.75, 3.05) is 0 Å².